The molecule has 0 radical (unpaired) electrons. The summed E-state index contributed by atoms with van der Waals surface area (Å²) in [5.41, 5.74) is 0.342. The summed E-state index contributed by atoms with van der Waals surface area (Å²) in [6.45, 7) is 0.914. The molecule has 1 aliphatic heterocycles. The molecule has 2 rings (SSSR count). The summed E-state index contributed by atoms with van der Waals surface area (Å²) in [6.07, 6.45) is 0.0542. The molecule has 2 unspecified atom stereocenters. The Bertz CT molecular complexity index is 453. The molecule has 98 valence electrons. The van der Waals surface area contributed by atoms with Crippen molar-refractivity contribution in [1.82, 2.24) is 5.32 Å². The molecule has 1 aliphatic rings. The lowest BCUT2D eigenvalue weighted by Gasteiger charge is -2.15. The molecule has 1 heterocycles. The van der Waals surface area contributed by atoms with E-state index in [1.54, 1.807) is 19.2 Å². The van der Waals surface area contributed by atoms with Crippen LogP contribution in [0.4, 0.5) is 4.39 Å². The van der Waals surface area contributed by atoms with Crippen LogP contribution in [0.1, 0.15) is 5.56 Å². The number of rotatable bonds is 4. The molecule has 3 nitrogen and oxygen atoms in total. The number of hydrogen-bond donors (Lipinski definition) is 1. The summed E-state index contributed by atoms with van der Waals surface area (Å²) >= 11 is 5.69. The van der Waals surface area contributed by atoms with Crippen LogP contribution >= 0.6 is 11.6 Å². The second-order valence-electron chi connectivity index (χ2n) is 4.40. The Kier molecular flexibility index (Phi) is 4.32. The highest BCUT2D eigenvalue weighted by Gasteiger charge is 2.32. The molecular weight excluding hydrogens is 257 g/mol. The molecular formula is C13H15ClFNO2. The van der Waals surface area contributed by atoms with Crippen LogP contribution in [-0.2, 0) is 16.0 Å². The average Bonchev–Trinajstić information content (AvgIpc) is 2.83. The van der Waals surface area contributed by atoms with Crippen molar-refractivity contribution >= 4 is 17.4 Å². The molecule has 1 fully saturated rings. The van der Waals surface area contributed by atoms with Crippen LogP contribution in [0.15, 0.2) is 18.2 Å². The van der Waals surface area contributed by atoms with Crippen LogP contribution in [0.2, 0.25) is 5.02 Å². The van der Waals surface area contributed by atoms with E-state index in [0.29, 0.717) is 18.8 Å². The number of carbonyl (C=O) groups excluding carboxylic acids is 1. The first-order valence-corrected chi connectivity index (χ1v) is 6.22. The van der Waals surface area contributed by atoms with E-state index in [9.17, 15) is 9.18 Å². The first kappa shape index (κ1) is 13.5. The zero-order valence-electron chi connectivity index (χ0n) is 10.1. The summed E-state index contributed by atoms with van der Waals surface area (Å²) in [5.74, 6) is -0.742. The Morgan fingerprint density at radius 2 is 2.33 bits per heavy atom. The smallest absolute Gasteiger partial charge is 0.145 e. The quantitative estimate of drug-likeness (QED) is 0.908. The van der Waals surface area contributed by atoms with Gasteiger partial charge in [-0.2, -0.15) is 0 Å². The van der Waals surface area contributed by atoms with Gasteiger partial charge in [-0.1, -0.05) is 23.7 Å². The van der Waals surface area contributed by atoms with Crippen molar-refractivity contribution in [3.05, 3.63) is 34.6 Å². The van der Waals surface area contributed by atoms with Crippen LogP contribution in [0.25, 0.3) is 0 Å². The molecule has 0 aromatic heterocycles. The van der Waals surface area contributed by atoms with Crippen LogP contribution < -0.4 is 5.32 Å². The van der Waals surface area contributed by atoms with Gasteiger partial charge in [-0.3, -0.25) is 4.79 Å². The van der Waals surface area contributed by atoms with Gasteiger partial charge in [0, 0.05) is 12.5 Å². The van der Waals surface area contributed by atoms with E-state index in [1.165, 1.54) is 6.07 Å². The van der Waals surface area contributed by atoms with Crippen molar-refractivity contribution in [3.63, 3.8) is 0 Å². The minimum absolute atomic E-state index is 0.0137. The zero-order valence-corrected chi connectivity index (χ0v) is 10.8. The fraction of sp³-hybridized carbons (Fsp3) is 0.462. The molecule has 0 bridgehead atoms. The summed E-state index contributed by atoms with van der Waals surface area (Å²) in [4.78, 5) is 12.1. The third-order valence-corrected chi connectivity index (χ3v) is 3.55. The Labute approximate surface area is 110 Å². The van der Waals surface area contributed by atoms with Crippen molar-refractivity contribution in [2.45, 2.75) is 12.5 Å². The third-order valence-electron chi connectivity index (χ3n) is 3.26. The van der Waals surface area contributed by atoms with Gasteiger partial charge in [0.1, 0.15) is 11.6 Å². The van der Waals surface area contributed by atoms with Gasteiger partial charge < -0.3 is 10.1 Å². The Hall–Kier alpha value is -0.970. The van der Waals surface area contributed by atoms with Crippen molar-refractivity contribution in [2.24, 2.45) is 5.92 Å². The van der Waals surface area contributed by atoms with E-state index < -0.39 is 5.82 Å². The maximum atomic E-state index is 13.7. The molecule has 1 aromatic rings. The second kappa shape index (κ2) is 5.78. The van der Waals surface area contributed by atoms with Crippen molar-refractivity contribution < 1.29 is 13.9 Å². The molecule has 18 heavy (non-hydrogen) atoms. The van der Waals surface area contributed by atoms with E-state index in [4.69, 9.17) is 16.3 Å². The zero-order chi connectivity index (χ0) is 13.1. The molecule has 1 saturated heterocycles. The highest BCUT2D eigenvalue weighted by Crippen LogP contribution is 2.21. The fourth-order valence-electron chi connectivity index (χ4n) is 2.16. The van der Waals surface area contributed by atoms with Gasteiger partial charge in [-0.05, 0) is 18.7 Å². The average molecular weight is 272 g/mol. The summed E-state index contributed by atoms with van der Waals surface area (Å²) in [6, 6.07) is 4.72. The van der Waals surface area contributed by atoms with Crippen molar-refractivity contribution in [3.8, 4) is 0 Å². The lowest BCUT2D eigenvalue weighted by atomic mass is 9.93. The maximum Gasteiger partial charge on any atom is 0.145 e. The van der Waals surface area contributed by atoms with Gasteiger partial charge in [0.2, 0.25) is 0 Å². The predicted molar refractivity (Wildman–Crippen MR) is 67.3 cm³/mol. The highest BCUT2D eigenvalue weighted by atomic mass is 35.5. The lowest BCUT2D eigenvalue weighted by molar-refractivity contribution is -0.122. The monoisotopic (exact) mass is 271 g/mol. The van der Waals surface area contributed by atoms with Crippen LogP contribution in [0.3, 0.4) is 0 Å². The Morgan fingerprint density at radius 1 is 1.56 bits per heavy atom. The largest absolute Gasteiger partial charge is 0.379 e. The minimum Gasteiger partial charge on any atom is -0.379 e. The van der Waals surface area contributed by atoms with Gasteiger partial charge in [0.15, 0.2) is 0 Å². The number of carbonyl (C=O) groups is 1. The van der Waals surface area contributed by atoms with Gasteiger partial charge in [-0.15, -0.1) is 0 Å². The van der Waals surface area contributed by atoms with Crippen molar-refractivity contribution in [2.75, 3.05) is 20.3 Å². The number of halogens is 2. The standard InChI is InChI=1S/C13H15ClFNO2/c1-16-11-7-18-6-9(11)12(17)5-8-3-2-4-10(14)13(8)15/h2-4,9,11,16H,5-7H2,1H3. The Morgan fingerprint density at radius 3 is 3.06 bits per heavy atom. The first-order valence-electron chi connectivity index (χ1n) is 5.84. The topological polar surface area (TPSA) is 38.3 Å². The van der Waals surface area contributed by atoms with Gasteiger partial charge >= 0.3 is 0 Å². The summed E-state index contributed by atoms with van der Waals surface area (Å²) in [5, 5.41) is 3.09. The molecule has 5 heteroatoms. The van der Waals surface area contributed by atoms with Crippen LogP contribution in [0, 0.1) is 11.7 Å². The number of benzene rings is 1. The minimum atomic E-state index is -0.507. The first-order chi connectivity index (χ1) is 8.63. The molecule has 0 aliphatic carbocycles. The number of Topliss-reactive ketones (excluding diaryl/α,β-unsaturated/α-hetero) is 1. The van der Waals surface area contributed by atoms with Crippen molar-refractivity contribution in [1.29, 1.82) is 0 Å². The molecule has 1 N–H and O–H groups in total. The second-order valence-corrected chi connectivity index (χ2v) is 4.80. The molecule has 0 amide bonds. The summed E-state index contributed by atoms with van der Waals surface area (Å²) in [7, 11) is 1.79. The van der Waals surface area contributed by atoms with E-state index >= 15 is 0 Å². The number of ether oxygens (including phenoxy) is 1. The fourth-order valence-corrected chi connectivity index (χ4v) is 2.35. The molecule has 0 saturated carbocycles. The van der Waals surface area contributed by atoms with Gasteiger partial charge in [0.05, 0.1) is 24.2 Å². The number of ketones is 1. The maximum absolute atomic E-state index is 13.7. The lowest BCUT2D eigenvalue weighted by Crippen LogP contribution is -2.37. The van der Waals surface area contributed by atoms with Gasteiger partial charge in [0.25, 0.3) is 0 Å². The molecule has 1 aromatic carbocycles. The van der Waals surface area contributed by atoms with Gasteiger partial charge in [-0.25, -0.2) is 4.39 Å². The van der Waals surface area contributed by atoms with E-state index in [0.717, 1.165) is 0 Å². The molecule has 0 spiro atoms. The normalized spacial score (nSPS) is 23.3. The molecule has 2 atom stereocenters. The summed E-state index contributed by atoms with van der Waals surface area (Å²) < 4.78 is 19.0. The van der Waals surface area contributed by atoms with Crippen LogP contribution in [-0.4, -0.2) is 32.1 Å². The van der Waals surface area contributed by atoms with Crippen LogP contribution in [0.5, 0.6) is 0 Å². The predicted octanol–water partition coefficient (Wildman–Crippen LogP) is 1.83. The third kappa shape index (κ3) is 2.71. The SMILES string of the molecule is CNC1COCC1C(=O)Cc1cccc(Cl)c1F. The van der Waals surface area contributed by atoms with E-state index in [1.807, 2.05) is 0 Å². The number of hydrogen-bond acceptors (Lipinski definition) is 3. The Balaban J connectivity index is 2.09. The van der Waals surface area contributed by atoms with E-state index in [-0.39, 0.29) is 29.2 Å². The highest BCUT2D eigenvalue weighted by molar-refractivity contribution is 6.30. The van der Waals surface area contributed by atoms with E-state index in [2.05, 4.69) is 5.32 Å². The number of nitrogens with one attached hydrogen (secondary N) is 1. The number of likely N-dealkylation sites (N-methyl/N-ethyl adjacent to an activating group) is 1.